The van der Waals surface area contributed by atoms with Crippen molar-refractivity contribution >= 4 is 5.69 Å². The van der Waals surface area contributed by atoms with E-state index in [1.54, 1.807) is 0 Å². The minimum Gasteiger partial charge on any atom is -0.356 e. The fourth-order valence-electron chi connectivity index (χ4n) is 3.43. The number of hydrogen-bond acceptors (Lipinski definition) is 2. The Morgan fingerprint density at radius 3 is 2.18 bits per heavy atom. The summed E-state index contributed by atoms with van der Waals surface area (Å²) in [7, 11) is 2.28. The number of rotatable bonds is 3. The predicted octanol–water partition coefficient (Wildman–Crippen LogP) is 3.10. The Labute approximate surface area is 104 Å². The Morgan fingerprint density at radius 1 is 1.00 bits per heavy atom. The van der Waals surface area contributed by atoms with Crippen LogP contribution in [0.4, 0.5) is 5.69 Å². The summed E-state index contributed by atoms with van der Waals surface area (Å²) >= 11 is 0. The zero-order valence-electron chi connectivity index (χ0n) is 10.7. The van der Waals surface area contributed by atoms with Gasteiger partial charge in [0.2, 0.25) is 0 Å². The van der Waals surface area contributed by atoms with Gasteiger partial charge in [-0.05, 0) is 44.2 Å². The molecular formula is C15H22N2. The minimum atomic E-state index is 0.319. The SMILES string of the molecule is CN(c1ccccc1)C1(N2CCC2)CCCC1. The van der Waals surface area contributed by atoms with Crippen molar-refractivity contribution < 1.29 is 0 Å². The fraction of sp³-hybridized carbons (Fsp3) is 0.600. The van der Waals surface area contributed by atoms with Crippen LogP contribution >= 0.6 is 0 Å². The lowest BCUT2D eigenvalue weighted by molar-refractivity contribution is 0.0337. The van der Waals surface area contributed by atoms with Gasteiger partial charge < -0.3 is 4.90 Å². The highest BCUT2D eigenvalue weighted by molar-refractivity contribution is 5.48. The second-order valence-electron chi connectivity index (χ2n) is 5.42. The van der Waals surface area contributed by atoms with Gasteiger partial charge in [-0.2, -0.15) is 0 Å². The summed E-state index contributed by atoms with van der Waals surface area (Å²) in [5, 5.41) is 0. The van der Waals surface area contributed by atoms with E-state index in [9.17, 15) is 0 Å². The van der Waals surface area contributed by atoms with E-state index in [-0.39, 0.29) is 0 Å². The summed E-state index contributed by atoms with van der Waals surface area (Å²) in [5.74, 6) is 0. The molecule has 0 unspecified atom stereocenters. The molecule has 0 atom stereocenters. The van der Waals surface area contributed by atoms with Crippen LogP contribution in [-0.4, -0.2) is 30.7 Å². The molecule has 2 fully saturated rings. The molecule has 0 amide bonds. The van der Waals surface area contributed by atoms with Crippen molar-refractivity contribution in [1.29, 1.82) is 0 Å². The summed E-state index contributed by atoms with van der Waals surface area (Å²) < 4.78 is 0. The normalized spacial score (nSPS) is 23.4. The standard InChI is InChI=1S/C15H22N2/c1-16(14-8-3-2-4-9-14)15(10-5-6-11-15)17-12-7-13-17/h2-4,8-9H,5-7,10-13H2,1H3. The first-order chi connectivity index (χ1) is 8.33. The summed E-state index contributed by atoms with van der Waals surface area (Å²) in [5.41, 5.74) is 1.68. The van der Waals surface area contributed by atoms with E-state index in [0.29, 0.717) is 5.66 Å². The molecule has 17 heavy (non-hydrogen) atoms. The van der Waals surface area contributed by atoms with Crippen molar-refractivity contribution in [3.8, 4) is 0 Å². The molecule has 0 N–H and O–H groups in total. The van der Waals surface area contributed by atoms with Gasteiger partial charge in [-0.3, -0.25) is 4.90 Å². The molecule has 1 heterocycles. The van der Waals surface area contributed by atoms with E-state index in [0.717, 1.165) is 0 Å². The van der Waals surface area contributed by atoms with Crippen LogP contribution < -0.4 is 4.90 Å². The summed E-state index contributed by atoms with van der Waals surface area (Å²) in [4.78, 5) is 5.21. The number of likely N-dealkylation sites (tertiary alicyclic amines) is 1. The maximum atomic E-state index is 2.69. The Kier molecular flexibility index (Phi) is 2.83. The van der Waals surface area contributed by atoms with Crippen molar-refractivity contribution in [2.45, 2.75) is 37.8 Å². The van der Waals surface area contributed by atoms with Crippen LogP contribution in [0.1, 0.15) is 32.1 Å². The van der Waals surface area contributed by atoms with Crippen molar-refractivity contribution in [3.63, 3.8) is 0 Å². The monoisotopic (exact) mass is 230 g/mol. The average Bonchev–Trinajstić information content (AvgIpc) is 2.77. The molecule has 0 spiro atoms. The third-order valence-electron chi connectivity index (χ3n) is 4.62. The Hall–Kier alpha value is -1.02. The second-order valence-corrected chi connectivity index (χ2v) is 5.42. The lowest BCUT2D eigenvalue weighted by Crippen LogP contribution is -2.62. The van der Waals surface area contributed by atoms with Gasteiger partial charge >= 0.3 is 0 Å². The zero-order chi connectivity index (χ0) is 11.7. The molecule has 1 aliphatic carbocycles. The van der Waals surface area contributed by atoms with Gasteiger partial charge in [-0.25, -0.2) is 0 Å². The van der Waals surface area contributed by atoms with Gasteiger partial charge in [0.1, 0.15) is 0 Å². The van der Waals surface area contributed by atoms with Crippen LogP contribution in [0.2, 0.25) is 0 Å². The van der Waals surface area contributed by atoms with Crippen LogP contribution in [0.5, 0.6) is 0 Å². The van der Waals surface area contributed by atoms with Crippen molar-refractivity contribution in [2.24, 2.45) is 0 Å². The molecule has 0 aromatic heterocycles. The molecule has 2 nitrogen and oxygen atoms in total. The first-order valence-corrected chi connectivity index (χ1v) is 6.87. The van der Waals surface area contributed by atoms with Gasteiger partial charge in [-0.15, -0.1) is 0 Å². The maximum Gasteiger partial charge on any atom is 0.0930 e. The van der Waals surface area contributed by atoms with E-state index < -0.39 is 0 Å². The molecule has 2 heteroatoms. The highest BCUT2D eigenvalue weighted by atomic mass is 15.4. The molecule has 1 aromatic carbocycles. The summed E-state index contributed by atoms with van der Waals surface area (Å²) in [6.07, 6.45) is 6.81. The molecule has 92 valence electrons. The topological polar surface area (TPSA) is 6.48 Å². The lowest BCUT2D eigenvalue weighted by atomic mass is 9.98. The molecular weight excluding hydrogens is 208 g/mol. The number of benzene rings is 1. The first-order valence-electron chi connectivity index (χ1n) is 6.87. The van der Waals surface area contributed by atoms with Gasteiger partial charge in [0.15, 0.2) is 0 Å². The van der Waals surface area contributed by atoms with E-state index >= 15 is 0 Å². The van der Waals surface area contributed by atoms with Crippen molar-refractivity contribution in [3.05, 3.63) is 30.3 Å². The quantitative estimate of drug-likeness (QED) is 0.787. The van der Waals surface area contributed by atoms with E-state index in [1.165, 1.54) is 50.9 Å². The zero-order valence-corrected chi connectivity index (χ0v) is 10.7. The van der Waals surface area contributed by atoms with E-state index in [2.05, 4.69) is 47.2 Å². The van der Waals surface area contributed by atoms with E-state index in [4.69, 9.17) is 0 Å². The molecule has 0 radical (unpaired) electrons. The molecule has 3 rings (SSSR count). The number of nitrogens with zero attached hydrogens (tertiary/aromatic N) is 2. The van der Waals surface area contributed by atoms with Crippen LogP contribution in [0.15, 0.2) is 30.3 Å². The highest BCUT2D eigenvalue weighted by Gasteiger charge is 2.45. The maximum absolute atomic E-state index is 2.69. The minimum absolute atomic E-state index is 0.319. The van der Waals surface area contributed by atoms with Gasteiger partial charge in [0.05, 0.1) is 5.66 Å². The average molecular weight is 230 g/mol. The number of hydrogen-bond donors (Lipinski definition) is 0. The highest BCUT2D eigenvalue weighted by Crippen LogP contribution is 2.41. The van der Waals surface area contributed by atoms with Crippen LogP contribution in [0.3, 0.4) is 0 Å². The lowest BCUT2D eigenvalue weighted by Gasteiger charge is -2.52. The van der Waals surface area contributed by atoms with Crippen molar-refractivity contribution in [1.82, 2.24) is 4.90 Å². The van der Waals surface area contributed by atoms with Crippen molar-refractivity contribution in [2.75, 3.05) is 25.0 Å². The van der Waals surface area contributed by atoms with E-state index in [1.807, 2.05) is 0 Å². The summed E-state index contributed by atoms with van der Waals surface area (Å²) in [6, 6.07) is 10.9. The van der Waals surface area contributed by atoms with Gasteiger partial charge in [-0.1, -0.05) is 18.2 Å². The molecule has 1 aliphatic heterocycles. The van der Waals surface area contributed by atoms with Gasteiger partial charge in [0, 0.05) is 25.8 Å². The Balaban J connectivity index is 1.88. The molecule has 1 aromatic rings. The van der Waals surface area contributed by atoms with Crippen LogP contribution in [0, 0.1) is 0 Å². The molecule has 1 saturated carbocycles. The molecule has 0 bridgehead atoms. The van der Waals surface area contributed by atoms with Crippen LogP contribution in [0.25, 0.3) is 0 Å². The fourth-order valence-corrected chi connectivity index (χ4v) is 3.43. The largest absolute Gasteiger partial charge is 0.356 e. The Bertz CT molecular complexity index is 364. The third-order valence-corrected chi connectivity index (χ3v) is 4.62. The van der Waals surface area contributed by atoms with Gasteiger partial charge in [0.25, 0.3) is 0 Å². The number of para-hydroxylation sites is 1. The second kappa shape index (κ2) is 4.34. The van der Waals surface area contributed by atoms with Crippen LogP contribution in [-0.2, 0) is 0 Å². The molecule has 2 aliphatic rings. The third kappa shape index (κ3) is 1.75. The summed E-state index contributed by atoms with van der Waals surface area (Å²) in [6.45, 7) is 2.58. The Morgan fingerprint density at radius 2 is 1.65 bits per heavy atom. The smallest absolute Gasteiger partial charge is 0.0930 e. The first kappa shape index (κ1) is 11.1. The number of anilines is 1. The molecule has 1 saturated heterocycles. The predicted molar refractivity (Wildman–Crippen MR) is 72.2 cm³/mol.